The fourth-order valence-electron chi connectivity index (χ4n) is 1.57. The highest BCUT2D eigenvalue weighted by molar-refractivity contribution is 7.92. The van der Waals surface area contributed by atoms with Gasteiger partial charge in [0.1, 0.15) is 5.82 Å². The Morgan fingerprint density at radius 3 is 2.38 bits per heavy atom. The molecule has 110 valence electrons. The van der Waals surface area contributed by atoms with Gasteiger partial charge < -0.3 is 0 Å². The Balaban J connectivity index is 2.36. The molecular formula is C12H8F2N2O4S. The van der Waals surface area contributed by atoms with Crippen LogP contribution < -0.4 is 4.72 Å². The highest BCUT2D eigenvalue weighted by Crippen LogP contribution is 2.22. The first kappa shape index (κ1) is 14.9. The number of sulfonamides is 1. The highest BCUT2D eigenvalue weighted by Gasteiger charge is 2.20. The van der Waals surface area contributed by atoms with Gasteiger partial charge in [0, 0.05) is 12.1 Å². The average Bonchev–Trinajstić information content (AvgIpc) is 2.37. The highest BCUT2D eigenvalue weighted by atomic mass is 32.2. The third kappa shape index (κ3) is 3.31. The van der Waals surface area contributed by atoms with Crippen LogP contribution in [0, 0.1) is 21.7 Å². The fraction of sp³-hybridized carbons (Fsp3) is 0. The normalized spacial score (nSPS) is 11.1. The summed E-state index contributed by atoms with van der Waals surface area (Å²) in [6, 6.07) is 6.84. The topological polar surface area (TPSA) is 89.3 Å². The number of nitro groups is 1. The van der Waals surface area contributed by atoms with E-state index in [4.69, 9.17) is 0 Å². The Labute approximate surface area is 118 Å². The second kappa shape index (κ2) is 5.44. The van der Waals surface area contributed by atoms with Gasteiger partial charge in [-0.1, -0.05) is 6.07 Å². The minimum absolute atomic E-state index is 0.0474. The van der Waals surface area contributed by atoms with Crippen molar-refractivity contribution in [1.82, 2.24) is 0 Å². The zero-order valence-corrected chi connectivity index (χ0v) is 11.1. The molecule has 2 aromatic carbocycles. The van der Waals surface area contributed by atoms with E-state index in [1.54, 1.807) is 0 Å². The second-order valence-corrected chi connectivity index (χ2v) is 5.67. The van der Waals surface area contributed by atoms with Crippen LogP contribution in [0.15, 0.2) is 47.4 Å². The number of rotatable bonds is 4. The lowest BCUT2D eigenvalue weighted by molar-refractivity contribution is -0.387. The van der Waals surface area contributed by atoms with Gasteiger partial charge in [-0.3, -0.25) is 14.8 Å². The molecule has 0 bridgehead atoms. The van der Waals surface area contributed by atoms with Gasteiger partial charge in [-0.25, -0.2) is 12.8 Å². The molecule has 0 radical (unpaired) electrons. The van der Waals surface area contributed by atoms with Gasteiger partial charge in [0.2, 0.25) is 5.82 Å². The smallest absolute Gasteiger partial charge is 0.280 e. The van der Waals surface area contributed by atoms with Crippen molar-refractivity contribution in [3.8, 4) is 0 Å². The number of hydrogen-bond donors (Lipinski definition) is 1. The molecule has 0 aliphatic rings. The minimum Gasteiger partial charge on any atom is -0.280 e. The largest absolute Gasteiger partial charge is 0.304 e. The lowest BCUT2D eigenvalue weighted by Crippen LogP contribution is -2.13. The van der Waals surface area contributed by atoms with Crippen LogP contribution >= 0.6 is 0 Å². The predicted octanol–water partition coefficient (Wildman–Crippen LogP) is 2.67. The number of nitrogens with one attached hydrogen (secondary N) is 1. The van der Waals surface area contributed by atoms with Crippen molar-refractivity contribution in [2.24, 2.45) is 0 Å². The number of hydrogen-bond acceptors (Lipinski definition) is 4. The quantitative estimate of drug-likeness (QED) is 0.694. The van der Waals surface area contributed by atoms with Crippen LogP contribution in [0.1, 0.15) is 0 Å². The average molecular weight is 314 g/mol. The van der Waals surface area contributed by atoms with E-state index in [1.807, 2.05) is 4.72 Å². The van der Waals surface area contributed by atoms with E-state index < -0.39 is 37.2 Å². The summed E-state index contributed by atoms with van der Waals surface area (Å²) < 4.78 is 52.4. The Bertz CT molecular complexity index is 809. The van der Waals surface area contributed by atoms with Crippen molar-refractivity contribution < 1.29 is 22.1 Å². The molecule has 0 spiro atoms. The zero-order valence-electron chi connectivity index (χ0n) is 10.3. The Hall–Kier alpha value is -2.55. The van der Waals surface area contributed by atoms with E-state index >= 15 is 0 Å². The summed E-state index contributed by atoms with van der Waals surface area (Å²) in [5.74, 6) is -1.92. The Morgan fingerprint density at radius 2 is 1.81 bits per heavy atom. The minimum atomic E-state index is -4.17. The number of halogens is 2. The molecule has 9 heteroatoms. The summed E-state index contributed by atoms with van der Waals surface area (Å²) >= 11 is 0. The van der Waals surface area contributed by atoms with Gasteiger partial charge in [0.25, 0.3) is 10.0 Å². The first-order valence-electron chi connectivity index (χ1n) is 5.52. The Morgan fingerprint density at radius 1 is 1.10 bits per heavy atom. The molecule has 0 fully saturated rings. The van der Waals surface area contributed by atoms with Crippen molar-refractivity contribution in [1.29, 1.82) is 0 Å². The molecule has 0 aromatic heterocycles. The maximum Gasteiger partial charge on any atom is 0.304 e. The molecule has 0 saturated heterocycles. The van der Waals surface area contributed by atoms with Gasteiger partial charge in [-0.05, 0) is 24.3 Å². The summed E-state index contributed by atoms with van der Waals surface area (Å²) in [7, 11) is -4.17. The molecule has 0 unspecified atom stereocenters. The van der Waals surface area contributed by atoms with Crippen molar-refractivity contribution in [2.45, 2.75) is 4.90 Å². The molecule has 0 saturated carbocycles. The molecule has 0 heterocycles. The van der Waals surface area contributed by atoms with Crippen molar-refractivity contribution in [3.63, 3.8) is 0 Å². The van der Waals surface area contributed by atoms with Crippen LogP contribution in [-0.2, 0) is 10.0 Å². The first-order valence-corrected chi connectivity index (χ1v) is 7.00. The third-order valence-corrected chi connectivity index (χ3v) is 3.88. The molecule has 0 atom stereocenters. The van der Waals surface area contributed by atoms with Gasteiger partial charge in [0.15, 0.2) is 0 Å². The second-order valence-electron chi connectivity index (χ2n) is 3.99. The molecule has 0 amide bonds. The van der Waals surface area contributed by atoms with Crippen LogP contribution in [0.2, 0.25) is 0 Å². The van der Waals surface area contributed by atoms with Crippen LogP contribution in [0.5, 0.6) is 0 Å². The monoisotopic (exact) mass is 314 g/mol. The van der Waals surface area contributed by atoms with Gasteiger partial charge in [-0.15, -0.1) is 0 Å². The molecule has 0 aliphatic heterocycles. The molecule has 2 aromatic rings. The number of nitrogens with zero attached hydrogens (tertiary/aromatic N) is 1. The maximum absolute atomic E-state index is 13.4. The van der Waals surface area contributed by atoms with Gasteiger partial charge in [0.05, 0.1) is 15.5 Å². The van der Waals surface area contributed by atoms with Crippen LogP contribution in [-0.4, -0.2) is 13.3 Å². The number of benzene rings is 2. The van der Waals surface area contributed by atoms with E-state index in [0.717, 1.165) is 24.3 Å². The summed E-state index contributed by atoms with van der Waals surface area (Å²) in [4.78, 5) is 9.00. The molecule has 1 N–H and O–H groups in total. The third-order valence-electron chi connectivity index (χ3n) is 2.50. The van der Waals surface area contributed by atoms with Gasteiger partial charge >= 0.3 is 5.69 Å². The van der Waals surface area contributed by atoms with E-state index in [9.17, 15) is 27.3 Å². The van der Waals surface area contributed by atoms with Crippen LogP contribution in [0.3, 0.4) is 0 Å². The molecule has 0 aliphatic carbocycles. The van der Waals surface area contributed by atoms with Gasteiger partial charge in [-0.2, -0.15) is 4.39 Å². The summed E-state index contributed by atoms with van der Waals surface area (Å²) in [6.07, 6.45) is 0. The van der Waals surface area contributed by atoms with Crippen molar-refractivity contribution in [2.75, 3.05) is 4.72 Å². The lowest BCUT2D eigenvalue weighted by atomic mass is 10.3. The number of anilines is 1. The van der Waals surface area contributed by atoms with Crippen molar-refractivity contribution in [3.05, 3.63) is 64.2 Å². The first-order chi connectivity index (χ1) is 9.79. The van der Waals surface area contributed by atoms with Crippen LogP contribution in [0.4, 0.5) is 20.2 Å². The summed E-state index contributed by atoms with van der Waals surface area (Å²) in [6.45, 7) is 0. The predicted molar refractivity (Wildman–Crippen MR) is 70.3 cm³/mol. The summed E-state index contributed by atoms with van der Waals surface area (Å²) in [5, 5.41) is 10.5. The molecule has 2 rings (SSSR count). The van der Waals surface area contributed by atoms with E-state index in [2.05, 4.69) is 0 Å². The SMILES string of the molecule is O=[N+]([O-])c1ccc(S(=O)(=O)Nc2cccc(F)c2)cc1F. The zero-order chi connectivity index (χ0) is 15.6. The number of nitro benzene ring substituents is 1. The van der Waals surface area contributed by atoms with E-state index in [-0.39, 0.29) is 5.69 Å². The maximum atomic E-state index is 13.4. The molecule has 6 nitrogen and oxygen atoms in total. The van der Waals surface area contributed by atoms with E-state index in [1.165, 1.54) is 12.1 Å². The van der Waals surface area contributed by atoms with Crippen molar-refractivity contribution >= 4 is 21.4 Å². The standard InChI is InChI=1S/C12H8F2N2O4S/c13-8-2-1-3-9(6-8)15-21(19,20)10-4-5-12(16(17)18)11(14)7-10/h1-7,15H. The fourth-order valence-corrected chi connectivity index (χ4v) is 2.63. The molecular weight excluding hydrogens is 306 g/mol. The van der Waals surface area contributed by atoms with E-state index in [0.29, 0.717) is 6.07 Å². The Kier molecular flexibility index (Phi) is 3.85. The van der Waals surface area contributed by atoms with Crippen LogP contribution in [0.25, 0.3) is 0 Å². The summed E-state index contributed by atoms with van der Waals surface area (Å²) in [5.41, 5.74) is -0.881. The lowest BCUT2D eigenvalue weighted by Gasteiger charge is -2.08. The molecule has 21 heavy (non-hydrogen) atoms.